The summed E-state index contributed by atoms with van der Waals surface area (Å²) in [6.45, 7) is 0.177. The fraction of sp³-hybridized carbons (Fsp3) is 0.250. The molecule has 0 bridgehead atoms. The Morgan fingerprint density at radius 3 is 2.71 bits per heavy atom. The molecule has 2 atom stereocenters. The Bertz CT molecular complexity index is 1100. The highest BCUT2D eigenvalue weighted by Crippen LogP contribution is 2.44. The minimum absolute atomic E-state index is 0.0937. The van der Waals surface area contributed by atoms with Gasteiger partial charge < -0.3 is 10.6 Å². The van der Waals surface area contributed by atoms with Crippen LogP contribution in [0.4, 0.5) is 19.0 Å². The van der Waals surface area contributed by atoms with E-state index in [-0.39, 0.29) is 29.5 Å². The van der Waals surface area contributed by atoms with Gasteiger partial charge in [-0.15, -0.1) is 0 Å². The first-order valence-corrected chi connectivity index (χ1v) is 10.0. The summed E-state index contributed by atoms with van der Waals surface area (Å²) in [4.78, 5) is 16.4. The van der Waals surface area contributed by atoms with Gasteiger partial charge in [-0.1, -0.05) is 35.3 Å². The number of hydrogen-bond donors (Lipinski definition) is 2. The molecule has 3 aromatic rings. The summed E-state index contributed by atoms with van der Waals surface area (Å²) in [6.07, 6.45) is -1.68. The maximum atomic E-state index is 13.8. The van der Waals surface area contributed by atoms with Gasteiger partial charge in [0.2, 0.25) is 0 Å². The molecule has 0 aliphatic carbocycles. The lowest BCUT2D eigenvalue weighted by atomic mass is 9.97. The Morgan fingerprint density at radius 1 is 1.23 bits per heavy atom. The van der Waals surface area contributed by atoms with E-state index in [1.54, 1.807) is 30.6 Å². The van der Waals surface area contributed by atoms with Gasteiger partial charge in [0.15, 0.2) is 11.7 Å². The van der Waals surface area contributed by atoms with E-state index in [1.807, 2.05) is 0 Å². The zero-order valence-corrected chi connectivity index (χ0v) is 17.3. The van der Waals surface area contributed by atoms with Crippen molar-refractivity contribution in [2.45, 2.75) is 31.2 Å². The van der Waals surface area contributed by atoms with Crippen LogP contribution in [-0.2, 0) is 6.54 Å². The van der Waals surface area contributed by atoms with E-state index in [9.17, 15) is 18.0 Å². The fourth-order valence-electron chi connectivity index (χ4n) is 3.41. The lowest BCUT2D eigenvalue weighted by Gasteiger charge is -2.33. The molecule has 2 aromatic heterocycles. The van der Waals surface area contributed by atoms with Crippen molar-refractivity contribution >= 4 is 34.9 Å². The van der Waals surface area contributed by atoms with Gasteiger partial charge in [-0.3, -0.25) is 9.78 Å². The third-order valence-electron chi connectivity index (χ3n) is 4.94. The highest BCUT2D eigenvalue weighted by molar-refractivity contribution is 6.42. The molecule has 162 valence electrons. The number of anilines is 1. The number of benzene rings is 1. The van der Waals surface area contributed by atoms with Crippen molar-refractivity contribution in [3.05, 3.63) is 75.7 Å². The smallest absolute Gasteiger partial charge is 0.363 e. The van der Waals surface area contributed by atoms with E-state index in [4.69, 9.17) is 23.2 Å². The van der Waals surface area contributed by atoms with Crippen molar-refractivity contribution in [1.82, 2.24) is 20.1 Å². The topological polar surface area (TPSA) is 71.8 Å². The van der Waals surface area contributed by atoms with Gasteiger partial charge in [-0.25, -0.2) is 4.68 Å². The highest BCUT2D eigenvalue weighted by atomic mass is 35.5. The summed E-state index contributed by atoms with van der Waals surface area (Å²) in [5.74, 6) is -0.490. The van der Waals surface area contributed by atoms with E-state index in [2.05, 4.69) is 20.7 Å². The summed E-state index contributed by atoms with van der Waals surface area (Å²) >= 11 is 12.0. The van der Waals surface area contributed by atoms with E-state index >= 15 is 0 Å². The minimum Gasteiger partial charge on any atom is -0.363 e. The quantitative estimate of drug-likeness (QED) is 0.552. The van der Waals surface area contributed by atoms with Crippen molar-refractivity contribution in [3.8, 4) is 0 Å². The van der Waals surface area contributed by atoms with Gasteiger partial charge in [0.25, 0.3) is 5.91 Å². The molecule has 1 aliphatic heterocycles. The summed E-state index contributed by atoms with van der Waals surface area (Å²) in [7, 11) is 0. The minimum atomic E-state index is -4.55. The molecular weight excluding hydrogens is 454 g/mol. The molecule has 3 heterocycles. The van der Waals surface area contributed by atoms with E-state index < -0.39 is 24.2 Å². The van der Waals surface area contributed by atoms with Gasteiger partial charge >= 0.3 is 6.18 Å². The second-order valence-electron chi connectivity index (χ2n) is 7.07. The number of halogens is 5. The van der Waals surface area contributed by atoms with Crippen LogP contribution in [0.25, 0.3) is 0 Å². The Kier molecular flexibility index (Phi) is 5.81. The number of amides is 1. The summed E-state index contributed by atoms with van der Waals surface area (Å²) in [5.41, 5.74) is 1.19. The number of alkyl halides is 3. The van der Waals surface area contributed by atoms with Crippen molar-refractivity contribution < 1.29 is 18.0 Å². The molecule has 1 amide bonds. The van der Waals surface area contributed by atoms with Crippen LogP contribution in [0.5, 0.6) is 0 Å². The number of carbonyl (C=O) groups excluding carboxylic acids is 1. The molecule has 0 radical (unpaired) electrons. The molecule has 4 rings (SSSR count). The van der Waals surface area contributed by atoms with Crippen LogP contribution in [-0.4, -0.2) is 26.8 Å². The first-order valence-electron chi connectivity index (χ1n) is 9.27. The second-order valence-corrected chi connectivity index (χ2v) is 7.88. The molecule has 11 heteroatoms. The zero-order valence-electron chi connectivity index (χ0n) is 15.8. The zero-order chi connectivity index (χ0) is 22.2. The standard InChI is InChI=1S/C20H16Cl2F3N5O/c21-13-4-3-12(6-14(13)22)15-7-17(20(23,24)25)30-18(28-15)8-16(29-30)19(31)27-10-11-2-1-5-26-9-11/h1-6,8-9,15,17,28H,7,10H2,(H,27,31)/t15-,17-/m1/s1. The Balaban J connectivity index is 1.59. The van der Waals surface area contributed by atoms with Gasteiger partial charge in [0, 0.05) is 31.4 Å². The number of nitrogens with one attached hydrogen (secondary N) is 2. The van der Waals surface area contributed by atoms with Crippen LogP contribution in [0, 0.1) is 0 Å². The Hall–Kier alpha value is -2.78. The number of rotatable bonds is 4. The van der Waals surface area contributed by atoms with E-state index in [0.29, 0.717) is 10.6 Å². The van der Waals surface area contributed by atoms with Crippen molar-refractivity contribution in [3.63, 3.8) is 0 Å². The van der Waals surface area contributed by atoms with Crippen molar-refractivity contribution in [2.24, 2.45) is 0 Å². The normalized spacial score (nSPS) is 18.2. The fourth-order valence-corrected chi connectivity index (χ4v) is 3.71. The van der Waals surface area contributed by atoms with Gasteiger partial charge in [-0.05, 0) is 29.3 Å². The number of aromatic nitrogens is 3. The molecule has 0 saturated carbocycles. The van der Waals surface area contributed by atoms with Crippen LogP contribution < -0.4 is 10.6 Å². The Labute approximate surface area is 185 Å². The van der Waals surface area contributed by atoms with E-state index in [1.165, 1.54) is 18.2 Å². The van der Waals surface area contributed by atoms with Gasteiger partial charge in [0.1, 0.15) is 5.82 Å². The number of carbonyl (C=O) groups is 1. The van der Waals surface area contributed by atoms with Crippen LogP contribution >= 0.6 is 23.2 Å². The van der Waals surface area contributed by atoms with Crippen LogP contribution in [0.2, 0.25) is 10.0 Å². The first-order chi connectivity index (χ1) is 14.7. The van der Waals surface area contributed by atoms with Crippen LogP contribution in [0.15, 0.2) is 48.8 Å². The second kappa shape index (κ2) is 8.39. The molecule has 0 saturated heterocycles. The third-order valence-corrected chi connectivity index (χ3v) is 5.68. The van der Waals surface area contributed by atoms with Crippen molar-refractivity contribution in [2.75, 3.05) is 5.32 Å². The maximum absolute atomic E-state index is 13.8. The molecule has 6 nitrogen and oxygen atoms in total. The molecular formula is C20H16Cl2F3N5O. The summed E-state index contributed by atoms with van der Waals surface area (Å²) in [5, 5.41) is 10.1. The molecule has 0 spiro atoms. The van der Waals surface area contributed by atoms with Crippen LogP contribution in [0.3, 0.4) is 0 Å². The predicted molar refractivity (Wildman–Crippen MR) is 110 cm³/mol. The summed E-state index contributed by atoms with van der Waals surface area (Å²) < 4.78 is 42.2. The average molecular weight is 470 g/mol. The largest absolute Gasteiger partial charge is 0.410 e. The lowest BCUT2D eigenvalue weighted by Crippen LogP contribution is -2.35. The predicted octanol–water partition coefficient (Wildman–Crippen LogP) is 5.18. The van der Waals surface area contributed by atoms with Crippen LogP contribution in [0.1, 0.15) is 40.1 Å². The average Bonchev–Trinajstić information content (AvgIpc) is 3.17. The first kappa shape index (κ1) is 21.5. The maximum Gasteiger partial charge on any atom is 0.410 e. The number of hydrogen-bond acceptors (Lipinski definition) is 4. The molecule has 0 fully saturated rings. The van der Waals surface area contributed by atoms with Gasteiger partial charge in [-0.2, -0.15) is 18.3 Å². The molecule has 1 aromatic carbocycles. The van der Waals surface area contributed by atoms with E-state index in [0.717, 1.165) is 10.2 Å². The number of nitrogens with zero attached hydrogens (tertiary/aromatic N) is 3. The third kappa shape index (κ3) is 4.62. The van der Waals surface area contributed by atoms with Crippen molar-refractivity contribution in [1.29, 1.82) is 0 Å². The monoisotopic (exact) mass is 469 g/mol. The molecule has 1 aliphatic rings. The number of fused-ring (bicyclic) bond motifs is 1. The lowest BCUT2D eigenvalue weighted by molar-refractivity contribution is -0.173. The molecule has 31 heavy (non-hydrogen) atoms. The Morgan fingerprint density at radius 2 is 2.03 bits per heavy atom. The molecule has 2 N–H and O–H groups in total. The summed E-state index contributed by atoms with van der Waals surface area (Å²) in [6, 6.07) is 6.90. The van der Waals surface area contributed by atoms with Gasteiger partial charge in [0.05, 0.1) is 16.1 Å². The molecule has 0 unspecified atom stereocenters. The SMILES string of the molecule is O=C(NCc1cccnc1)c1cc2n(n1)[C@@H](C(F)(F)F)C[C@H](c1ccc(Cl)c(Cl)c1)N2. The highest BCUT2D eigenvalue weighted by Gasteiger charge is 2.46. The number of pyridine rings is 1.